The van der Waals surface area contributed by atoms with Crippen molar-refractivity contribution in [2.75, 3.05) is 11.9 Å². The number of carbonyl (C=O) groups is 1. The molecule has 3 aromatic rings. The first-order valence-electron chi connectivity index (χ1n) is 9.75. The largest absolute Gasteiger partial charge is 0.444 e. The third-order valence-corrected chi connectivity index (χ3v) is 5.04. The average molecular weight is 470 g/mol. The number of nitrogens with one attached hydrogen (secondary N) is 1. The highest BCUT2D eigenvalue weighted by molar-refractivity contribution is 6.30. The van der Waals surface area contributed by atoms with Gasteiger partial charge in [-0.15, -0.1) is 0 Å². The Labute approximate surface area is 187 Å². The summed E-state index contributed by atoms with van der Waals surface area (Å²) in [6.45, 7) is 4.27. The van der Waals surface area contributed by atoms with E-state index >= 15 is 0 Å². The number of anilines is 1. The molecule has 1 atom stereocenters. The van der Waals surface area contributed by atoms with Crippen molar-refractivity contribution in [1.82, 2.24) is 9.78 Å². The van der Waals surface area contributed by atoms with Crippen LogP contribution in [0.25, 0.3) is 10.9 Å². The molecule has 0 saturated carbocycles. The maximum atomic E-state index is 13.7. The Morgan fingerprint density at radius 2 is 1.81 bits per heavy atom. The van der Waals surface area contributed by atoms with Gasteiger partial charge in [0.25, 0.3) is 0 Å². The SMILES string of the molecule is CC(C)(C)OC(=O)Nc1cccc2c1cnn2C(CO)(CC(F)(F)F)c1ccc(Cl)cc1. The van der Waals surface area contributed by atoms with Crippen molar-refractivity contribution in [2.45, 2.75) is 44.5 Å². The van der Waals surface area contributed by atoms with Crippen LogP contribution in [0.4, 0.5) is 23.7 Å². The van der Waals surface area contributed by atoms with Gasteiger partial charge < -0.3 is 9.84 Å². The molecule has 0 radical (unpaired) electrons. The van der Waals surface area contributed by atoms with Crippen LogP contribution in [0, 0.1) is 0 Å². The van der Waals surface area contributed by atoms with Gasteiger partial charge in [-0.05, 0) is 50.6 Å². The second-order valence-electron chi connectivity index (χ2n) is 8.41. The van der Waals surface area contributed by atoms with E-state index in [2.05, 4.69) is 10.4 Å². The molecule has 0 aliphatic rings. The summed E-state index contributed by atoms with van der Waals surface area (Å²) in [5, 5.41) is 17.8. The zero-order valence-electron chi connectivity index (χ0n) is 17.7. The Hall–Kier alpha value is -2.78. The quantitative estimate of drug-likeness (QED) is 0.500. The first-order valence-corrected chi connectivity index (χ1v) is 10.1. The topological polar surface area (TPSA) is 76.4 Å². The Morgan fingerprint density at radius 1 is 1.16 bits per heavy atom. The van der Waals surface area contributed by atoms with Gasteiger partial charge in [-0.25, -0.2) is 4.79 Å². The molecule has 0 saturated heterocycles. The lowest BCUT2D eigenvalue weighted by Crippen LogP contribution is -2.43. The summed E-state index contributed by atoms with van der Waals surface area (Å²) in [5.74, 6) is 0. The van der Waals surface area contributed by atoms with E-state index in [4.69, 9.17) is 16.3 Å². The number of fused-ring (bicyclic) bond motifs is 1. The molecule has 0 aliphatic heterocycles. The molecule has 0 fully saturated rings. The highest BCUT2D eigenvalue weighted by Gasteiger charge is 2.46. The molecular weight excluding hydrogens is 447 g/mol. The number of carbonyl (C=O) groups excluding carboxylic acids is 1. The van der Waals surface area contributed by atoms with E-state index in [9.17, 15) is 23.1 Å². The third-order valence-electron chi connectivity index (χ3n) is 4.79. The summed E-state index contributed by atoms with van der Waals surface area (Å²) in [5.41, 5.74) is -1.85. The summed E-state index contributed by atoms with van der Waals surface area (Å²) in [6, 6.07) is 10.5. The van der Waals surface area contributed by atoms with Crippen molar-refractivity contribution in [3.63, 3.8) is 0 Å². The third kappa shape index (κ3) is 5.16. The summed E-state index contributed by atoms with van der Waals surface area (Å²) in [4.78, 5) is 12.2. The fraction of sp³-hybridized carbons (Fsp3) is 0.364. The summed E-state index contributed by atoms with van der Waals surface area (Å²) < 4.78 is 47.3. The van der Waals surface area contributed by atoms with Crippen LogP contribution < -0.4 is 5.32 Å². The number of alkyl halides is 3. The number of hydrogen-bond acceptors (Lipinski definition) is 4. The number of halogens is 4. The van der Waals surface area contributed by atoms with Gasteiger partial charge in [-0.1, -0.05) is 29.8 Å². The number of amides is 1. The number of aliphatic hydroxyl groups excluding tert-OH is 1. The van der Waals surface area contributed by atoms with Crippen LogP contribution in [0.15, 0.2) is 48.7 Å². The molecule has 1 unspecified atom stereocenters. The van der Waals surface area contributed by atoms with Crippen molar-refractivity contribution >= 4 is 34.3 Å². The van der Waals surface area contributed by atoms with Gasteiger partial charge in [-0.3, -0.25) is 10.00 Å². The lowest BCUT2D eigenvalue weighted by molar-refractivity contribution is -0.156. The van der Waals surface area contributed by atoms with Gasteiger partial charge in [0.05, 0.1) is 30.4 Å². The molecule has 0 aliphatic carbocycles. The predicted molar refractivity (Wildman–Crippen MR) is 116 cm³/mol. The van der Waals surface area contributed by atoms with Crippen molar-refractivity contribution in [3.8, 4) is 0 Å². The summed E-state index contributed by atoms with van der Waals surface area (Å²) >= 11 is 5.91. The average Bonchev–Trinajstić information content (AvgIpc) is 3.10. The Bertz CT molecular complexity index is 1110. The number of hydrogen-bond donors (Lipinski definition) is 2. The smallest absolute Gasteiger partial charge is 0.412 e. The minimum Gasteiger partial charge on any atom is -0.444 e. The standard InChI is InChI=1S/C22H23ClF3N3O3/c1-20(2,3)32-19(31)28-17-5-4-6-18-16(17)11-27-29(18)21(13-30,12-22(24,25)26)14-7-9-15(23)10-8-14/h4-11,30H,12-13H2,1-3H3,(H,28,31). The molecule has 32 heavy (non-hydrogen) atoms. The first kappa shape index (κ1) is 23.9. The molecule has 172 valence electrons. The second kappa shape index (κ2) is 8.63. The molecule has 3 rings (SSSR count). The first-order chi connectivity index (χ1) is 14.8. The van der Waals surface area contributed by atoms with Crippen molar-refractivity contribution in [3.05, 3.63) is 59.2 Å². The van der Waals surface area contributed by atoms with Crippen LogP contribution in [0.1, 0.15) is 32.8 Å². The minimum absolute atomic E-state index is 0.192. The minimum atomic E-state index is -4.60. The maximum absolute atomic E-state index is 13.7. The fourth-order valence-electron chi connectivity index (χ4n) is 3.52. The number of rotatable bonds is 5. The van der Waals surface area contributed by atoms with Crippen molar-refractivity contribution in [2.24, 2.45) is 0 Å². The van der Waals surface area contributed by atoms with E-state index in [1.54, 1.807) is 39.0 Å². The number of nitrogens with zero attached hydrogens (tertiary/aromatic N) is 2. The van der Waals surface area contributed by atoms with Crippen LogP contribution in [0.3, 0.4) is 0 Å². The molecule has 0 bridgehead atoms. The number of ether oxygens (including phenoxy) is 1. The number of benzene rings is 2. The molecule has 10 heteroatoms. The zero-order valence-corrected chi connectivity index (χ0v) is 18.5. The van der Waals surface area contributed by atoms with Gasteiger partial charge in [0.2, 0.25) is 0 Å². The van der Waals surface area contributed by atoms with E-state index < -0.39 is 36.4 Å². The molecule has 2 aromatic carbocycles. The van der Waals surface area contributed by atoms with Crippen molar-refractivity contribution in [1.29, 1.82) is 0 Å². The Kier molecular flexibility index (Phi) is 6.44. The molecular formula is C22H23ClF3N3O3. The number of aromatic nitrogens is 2. The normalized spacial score (nSPS) is 14.2. The molecule has 0 spiro atoms. The van der Waals surface area contributed by atoms with Crippen LogP contribution in [-0.4, -0.2) is 39.4 Å². The Balaban J connectivity index is 2.14. The van der Waals surface area contributed by atoms with E-state index in [1.165, 1.54) is 30.5 Å². The lowest BCUT2D eigenvalue weighted by Gasteiger charge is -2.34. The van der Waals surface area contributed by atoms with Crippen LogP contribution in [-0.2, 0) is 10.3 Å². The van der Waals surface area contributed by atoms with E-state index in [-0.39, 0.29) is 5.56 Å². The van der Waals surface area contributed by atoms with Crippen LogP contribution in [0.5, 0.6) is 0 Å². The lowest BCUT2D eigenvalue weighted by atomic mass is 9.86. The highest BCUT2D eigenvalue weighted by Crippen LogP contribution is 2.40. The van der Waals surface area contributed by atoms with Crippen molar-refractivity contribution < 1.29 is 27.8 Å². The fourth-order valence-corrected chi connectivity index (χ4v) is 3.65. The predicted octanol–water partition coefficient (Wildman–Crippen LogP) is 5.73. The maximum Gasteiger partial charge on any atom is 0.412 e. The second-order valence-corrected chi connectivity index (χ2v) is 8.85. The van der Waals surface area contributed by atoms with Crippen LogP contribution >= 0.6 is 11.6 Å². The molecule has 1 heterocycles. The van der Waals surface area contributed by atoms with E-state index in [0.717, 1.165) is 4.68 Å². The molecule has 1 amide bonds. The Morgan fingerprint density at radius 3 is 2.38 bits per heavy atom. The van der Waals surface area contributed by atoms with Gasteiger partial charge in [0.1, 0.15) is 11.1 Å². The molecule has 1 aromatic heterocycles. The monoisotopic (exact) mass is 469 g/mol. The van der Waals surface area contributed by atoms with E-state index in [1.807, 2.05) is 0 Å². The van der Waals surface area contributed by atoms with Gasteiger partial charge in [0, 0.05) is 10.4 Å². The van der Waals surface area contributed by atoms with Crippen LogP contribution in [0.2, 0.25) is 5.02 Å². The molecule has 2 N–H and O–H groups in total. The molecule has 6 nitrogen and oxygen atoms in total. The highest BCUT2D eigenvalue weighted by atomic mass is 35.5. The van der Waals surface area contributed by atoms with Gasteiger partial charge in [0.15, 0.2) is 0 Å². The van der Waals surface area contributed by atoms with E-state index in [0.29, 0.717) is 21.6 Å². The number of aliphatic hydroxyl groups is 1. The van der Waals surface area contributed by atoms with Gasteiger partial charge >= 0.3 is 12.3 Å². The summed E-state index contributed by atoms with van der Waals surface area (Å²) in [6.07, 6.45) is -5.33. The van der Waals surface area contributed by atoms with Gasteiger partial charge in [-0.2, -0.15) is 18.3 Å². The summed E-state index contributed by atoms with van der Waals surface area (Å²) in [7, 11) is 0. The zero-order chi connectivity index (χ0) is 23.7.